The van der Waals surface area contributed by atoms with Gasteiger partial charge in [0, 0.05) is 19.3 Å². The molecule has 4 nitrogen and oxygen atoms in total. The minimum Gasteiger partial charge on any atom is -0.481 e. The third-order valence-corrected chi connectivity index (χ3v) is 4.75. The molecular weight excluding hydrogens is 331 g/mol. The largest absolute Gasteiger partial charge is 0.481 e. The molecule has 3 rings (SSSR count). The van der Waals surface area contributed by atoms with Crippen molar-refractivity contribution >= 4 is 23.4 Å². The van der Waals surface area contributed by atoms with Crippen LogP contribution in [0.5, 0.6) is 0 Å². The fourth-order valence-corrected chi connectivity index (χ4v) is 3.38. The van der Waals surface area contributed by atoms with Crippen LogP contribution >= 0.6 is 11.6 Å². The van der Waals surface area contributed by atoms with Crippen molar-refractivity contribution in [3.05, 3.63) is 59.0 Å². The molecule has 1 fully saturated rings. The smallest absolute Gasteiger partial charge is 0.311 e. The average molecular weight is 349 g/mol. The Hall–Kier alpha value is -2.14. The van der Waals surface area contributed by atoms with Crippen LogP contribution in [-0.2, 0) is 11.2 Å². The highest BCUT2D eigenvalue weighted by molar-refractivity contribution is 6.30. The molecule has 2 heterocycles. The highest BCUT2D eigenvalue weighted by Gasteiger charge is 2.42. The lowest BCUT2D eigenvalue weighted by Crippen LogP contribution is -2.49. The van der Waals surface area contributed by atoms with E-state index >= 15 is 0 Å². The van der Waals surface area contributed by atoms with E-state index in [0.717, 1.165) is 24.3 Å². The average Bonchev–Trinajstić information content (AvgIpc) is 2.58. The van der Waals surface area contributed by atoms with Crippen molar-refractivity contribution in [3.8, 4) is 0 Å². The van der Waals surface area contributed by atoms with E-state index in [1.54, 1.807) is 30.5 Å². The zero-order chi connectivity index (χ0) is 17.2. The molecule has 1 aliphatic rings. The summed E-state index contributed by atoms with van der Waals surface area (Å²) in [5, 5.41) is 10.4. The van der Waals surface area contributed by atoms with Gasteiger partial charge in [-0.05, 0) is 49.1 Å². The first kappa shape index (κ1) is 16.7. The second-order valence-corrected chi connectivity index (χ2v) is 6.68. The van der Waals surface area contributed by atoms with Gasteiger partial charge >= 0.3 is 5.97 Å². The summed E-state index contributed by atoms with van der Waals surface area (Å²) < 4.78 is 13.1. The third kappa shape index (κ3) is 3.51. The van der Waals surface area contributed by atoms with Gasteiger partial charge in [0.1, 0.15) is 11.6 Å². The lowest BCUT2D eigenvalue weighted by Gasteiger charge is -2.40. The Labute approximate surface area is 144 Å². The molecule has 126 valence electrons. The number of nitrogens with zero attached hydrogens (tertiary/aromatic N) is 2. The second kappa shape index (κ2) is 6.77. The zero-order valence-electron chi connectivity index (χ0n) is 13.1. The molecule has 0 radical (unpaired) electrons. The van der Waals surface area contributed by atoms with E-state index in [1.807, 2.05) is 4.90 Å². The van der Waals surface area contributed by atoms with Crippen LogP contribution in [0.15, 0.2) is 42.6 Å². The van der Waals surface area contributed by atoms with Crippen molar-refractivity contribution in [2.75, 3.05) is 18.0 Å². The highest BCUT2D eigenvalue weighted by Crippen LogP contribution is 2.36. The Morgan fingerprint density at radius 2 is 2.04 bits per heavy atom. The summed E-state index contributed by atoms with van der Waals surface area (Å²) in [7, 11) is 0. The van der Waals surface area contributed by atoms with E-state index in [-0.39, 0.29) is 5.82 Å². The number of carbonyl (C=O) groups is 1. The molecule has 0 saturated carbocycles. The maximum Gasteiger partial charge on any atom is 0.311 e. The number of aliphatic carboxylic acids is 1. The number of anilines is 1. The predicted octanol–water partition coefficient (Wildman–Crippen LogP) is 3.79. The van der Waals surface area contributed by atoms with Crippen molar-refractivity contribution in [3.63, 3.8) is 0 Å². The minimum absolute atomic E-state index is 0.321. The fourth-order valence-electron chi connectivity index (χ4n) is 3.27. The number of hydrogen-bond acceptors (Lipinski definition) is 3. The van der Waals surface area contributed by atoms with Crippen LogP contribution in [0, 0.1) is 11.2 Å². The normalized spacial score (nSPS) is 20.8. The number of aromatic nitrogens is 1. The molecule has 1 saturated heterocycles. The lowest BCUT2D eigenvalue weighted by atomic mass is 9.75. The van der Waals surface area contributed by atoms with Gasteiger partial charge in [0.05, 0.1) is 10.4 Å². The van der Waals surface area contributed by atoms with Crippen LogP contribution < -0.4 is 4.90 Å². The maximum atomic E-state index is 13.1. The molecule has 0 bridgehead atoms. The molecule has 1 N–H and O–H groups in total. The molecule has 24 heavy (non-hydrogen) atoms. The molecule has 1 unspecified atom stereocenters. The van der Waals surface area contributed by atoms with E-state index < -0.39 is 11.4 Å². The number of pyridine rings is 1. The van der Waals surface area contributed by atoms with E-state index in [2.05, 4.69) is 4.98 Å². The van der Waals surface area contributed by atoms with E-state index in [1.165, 1.54) is 12.1 Å². The molecule has 2 aromatic rings. The SMILES string of the molecule is O=C(O)C1(Cc2ccc(F)cc2)CCCN(c2ccc(Cl)cn2)C1. The number of benzene rings is 1. The van der Waals surface area contributed by atoms with Crippen LogP contribution in [0.3, 0.4) is 0 Å². The quantitative estimate of drug-likeness (QED) is 0.913. The monoisotopic (exact) mass is 348 g/mol. The van der Waals surface area contributed by atoms with Gasteiger partial charge in [-0.3, -0.25) is 4.79 Å². The summed E-state index contributed by atoms with van der Waals surface area (Å²) in [4.78, 5) is 18.3. The van der Waals surface area contributed by atoms with Gasteiger partial charge in [-0.1, -0.05) is 23.7 Å². The van der Waals surface area contributed by atoms with Crippen molar-refractivity contribution in [1.82, 2.24) is 4.98 Å². The molecule has 0 spiro atoms. The van der Waals surface area contributed by atoms with Crippen LogP contribution in [0.1, 0.15) is 18.4 Å². The minimum atomic E-state index is -0.905. The third-order valence-electron chi connectivity index (χ3n) is 4.52. The number of carboxylic acid groups (broad SMARTS) is 1. The Balaban J connectivity index is 1.84. The van der Waals surface area contributed by atoms with Crippen LogP contribution in [0.4, 0.5) is 10.2 Å². The summed E-state index contributed by atoms with van der Waals surface area (Å²) in [6.45, 7) is 1.13. The number of rotatable bonds is 4. The summed E-state index contributed by atoms with van der Waals surface area (Å²) >= 11 is 5.87. The summed E-state index contributed by atoms with van der Waals surface area (Å²) in [5.41, 5.74) is -0.0816. The van der Waals surface area contributed by atoms with Crippen LogP contribution in [0.2, 0.25) is 5.02 Å². The number of carboxylic acids is 1. The molecule has 0 aliphatic carbocycles. The summed E-state index contributed by atoms with van der Waals surface area (Å²) in [6, 6.07) is 9.59. The summed E-state index contributed by atoms with van der Waals surface area (Å²) in [5.74, 6) is -0.423. The standard InChI is InChI=1S/C18H18ClFN2O2/c19-14-4-7-16(21-11-14)22-9-1-8-18(12-22,17(23)24)10-13-2-5-15(20)6-3-13/h2-7,11H,1,8-10,12H2,(H,23,24). The lowest BCUT2D eigenvalue weighted by molar-refractivity contribution is -0.149. The summed E-state index contributed by atoms with van der Waals surface area (Å²) in [6.07, 6.45) is 3.28. The van der Waals surface area contributed by atoms with Gasteiger partial charge in [-0.15, -0.1) is 0 Å². The van der Waals surface area contributed by atoms with Gasteiger partial charge < -0.3 is 10.0 Å². The number of halogens is 2. The first-order valence-corrected chi connectivity index (χ1v) is 8.21. The molecule has 0 amide bonds. The van der Waals surface area contributed by atoms with Gasteiger partial charge in [0.2, 0.25) is 0 Å². The van der Waals surface area contributed by atoms with Crippen LogP contribution in [-0.4, -0.2) is 29.1 Å². The van der Waals surface area contributed by atoms with Gasteiger partial charge in [0.25, 0.3) is 0 Å². The fraction of sp³-hybridized carbons (Fsp3) is 0.333. The molecular formula is C18H18ClFN2O2. The van der Waals surface area contributed by atoms with Crippen LogP contribution in [0.25, 0.3) is 0 Å². The topological polar surface area (TPSA) is 53.4 Å². The maximum absolute atomic E-state index is 13.1. The second-order valence-electron chi connectivity index (χ2n) is 6.25. The first-order valence-electron chi connectivity index (χ1n) is 7.83. The molecule has 1 aromatic carbocycles. The Bertz CT molecular complexity index is 721. The van der Waals surface area contributed by atoms with E-state index in [9.17, 15) is 14.3 Å². The van der Waals surface area contributed by atoms with Gasteiger partial charge in [-0.2, -0.15) is 0 Å². The predicted molar refractivity (Wildman–Crippen MR) is 90.9 cm³/mol. The van der Waals surface area contributed by atoms with Crippen molar-refractivity contribution in [2.24, 2.45) is 5.41 Å². The highest BCUT2D eigenvalue weighted by atomic mass is 35.5. The Kier molecular flexibility index (Phi) is 4.71. The molecule has 6 heteroatoms. The van der Waals surface area contributed by atoms with E-state index in [0.29, 0.717) is 24.4 Å². The molecule has 1 aliphatic heterocycles. The van der Waals surface area contributed by atoms with Crippen molar-refractivity contribution < 1.29 is 14.3 Å². The van der Waals surface area contributed by atoms with Crippen molar-refractivity contribution in [1.29, 1.82) is 0 Å². The Morgan fingerprint density at radius 1 is 1.29 bits per heavy atom. The van der Waals surface area contributed by atoms with Crippen molar-refractivity contribution in [2.45, 2.75) is 19.3 Å². The number of piperidine rings is 1. The van der Waals surface area contributed by atoms with E-state index in [4.69, 9.17) is 11.6 Å². The zero-order valence-corrected chi connectivity index (χ0v) is 13.8. The first-order chi connectivity index (χ1) is 11.5. The molecule has 1 aromatic heterocycles. The molecule has 1 atom stereocenters. The Morgan fingerprint density at radius 3 is 2.67 bits per heavy atom. The van der Waals surface area contributed by atoms with Gasteiger partial charge in [0.15, 0.2) is 0 Å². The number of hydrogen-bond donors (Lipinski definition) is 1. The van der Waals surface area contributed by atoms with Gasteiger partial charge in [-0.25, -0.2) is 9.37 Å².